The van der Waals surface area contributed by atoms with Gasteiger partial charge in [-0.2, -0.15) is 0 Å². The van der Waals surface area contributed by atoms with Crippen molar-refractivity contribution in [2.24, 2.45) is 0 Å². The van der Waals surface area contributed by atoms with E-state index in [1.54, 1.807) is 11.6 Å². The fraction of sp³-hybridized carbons (Fsp3) is 0.333. The van der Waals surface area contributed by atoms with E-state index < -0.39 is 17.2 Å². The maximum atomic E-state index is 14.0. The molecule has 2 rings (SSSR count). The van der Waals surface area contributed by atoms with E-state index in [0.29, 0.717) is 11.4 Å². The number of benzene rings is 1. The summed E-state index contributed by atoms with van der Waals surface area (Å²) in [5.74, 6) is -1.03. The van der Waals surface area contributed by atoms with Crippen LogP contribution in [0.15, 0.2) is 23.0 Å². The summed E-state index contributed by atoms with van der Waals surface area (Å²) < 4.78 is 20.5. The van der Waals surface area contributed by atoms with Crippen LogP contribution in [0.2, 0.25) is 0 Å². The molecule has 0 aliphatic carbocycles. The molecule has 0 aliphatic rings. The number of ether oxygens (including phenoxy) is 1. The number of methoxy groups -OCH3 is 1. The first-order valence-corrected chi connectivity index (χ1v) is 6.56. The molecule has 1 aromatic carbocycles. The number of aromatic amines is 1. The Kier molecular flexibility index (Phi) is 3.97. The van der Waals surface area contributed by atoms with Gasteiger partial charge in [-0.05, 0) is 32.9 Å². The van der Waals surface area contributed by atoms with Gasteiger partial charge in [0.25, 0.3) is 5.56 Å². The lowest BCUT2D eigenvalue weighted by atomic mass is 10.0. The molecule has 0 saturated heterocycles. The van der Waals surface area contributed by atoms with Crippen LogP contribution >= 0.6 is 0 Å². The number of rotatable bonds is 4. The fourth-order valence-corrected chi connectivity index (χ4v) is 2.26. The first-order valence-electron chi connectivity index (χ1n) is 6.56. The summed E-state index contributed by atoms with van der Waals surface area (Å²) >= 11 is 0. The molecule has 1 aromatic heterocycles. The van der Waals surface area contributed by atoms with Crippen molar-refractivity contribution in [2.75, 3.05) is 7.11 Å². The van der Waals surface area contributed by atoms with Crippen molar-refractivity contribution in [3.63, 3.8) is 0 Å². The average Bonchev–Trinajstić information content (AvgIpc) is 2.73. The summed E-state index contributed by atoms with van der Waals surface area (Å²) in [6.45, 7) is 5.42. The molecule has 1 N–H and O–H groups in total. The molecule has 1 heterocycles. The molecule has 0 fully saturated rings. The van der Waals surface area contributed by atoms with Crippen molar-refractivity contribution in [2.45, 2.75) is 26.8 Å². The topological polar surface area (TPSA) is 64.1 Å². The molecule has 0 saturated carbocycles. The van der Waals surface area contributed by atoms with Crippen molar-refractivity contribution < 1.29 is 13.9 Å². The van der Waals surface area contributed by atoms with E-state index in [0.717, 1.165) is 6.07 Å². The highest BCUT2D eigenvalue weighted by molar-refractivity contribution is 6.09. The van der Waals surface area contributed by atoms with Crippen molar-refractivity contribution >= 4 is 5.78 Å². The van der Waals surface area contributed by atoms with Gasteiger partial charge >= 0.3 is 0 Å². The first kappa shape index (κ1) is 15.0. The molecule has 112 valence electrons. The smallest absolute Gasteiger partial charge is 0.275 e. The van der Waals surface area contributed by atoms with Crippen LogP contribution in [0, 0.1) is 12.7 Å². The van der Waals surface area contributed by atoms with E-state index in [1.165, 1.54) is 19.2 Å². The minimum Gasteiger partial charge on any atom is -0.497 e. The monoisotopic (exact) mass is 292 g/mol. The van der Waals surface area contributed by atoms with Gasteiger partial charge in [0, 0.05) is 17.8 Å². The number of nitrogens with one attached hydrogen (secondary N) is 1. The molecule has 0 amide bonds. The molecular weight excluding hydrogens is 275 g/mol. The van der Waals surface area contributed by atoms with E-state index >= 15 is 0 Å². The maximum absolute atomic E-state index is 14.0. The third kappa shape index (κ3) is 2.61. The summed E-state index contributed by atoms with van der Waals surface area (Å²) in [7, 11) is 1.41. The molecule has 0 aliphatic heterocycles. The zero-order valence-electron chi connectivity index (χ0n) is 12.4. The Morgan fingerprint density at radius 2 is 2.05 bits per heavy atom. The van der Waals surface area contributed by atoms with Gasteiger partial charge in [0.1, 0.15) is 17.1 Å². The number of nitrogens with zero attached hydrogens (tertiary/aromatic N) is 1. The molecule has 0 bridgehead atoms. The second-order valence-electron chi connectivity index (χ2n) is 5.04. The van der Waals surface area contributed by atoms with Crippen LogP contribution in [0.3, 0.4) is 0 Å². The molecule has 2 aromatic rings. The van der Waals surface area contributed by atoms with E-state index in [9.17, 15) is 14.0 Å². The van der Waals surface area contributed by atoms with Crippen LogP contribution in [-0.4, -0.2) is 22.7 Å². The molecule has 0 radical (unpaired) electrons. The predicted molar refractivity (Wildman–Crippen MR) is 76.6 cm³/mol. The van der Waals surface area contributed by atoms with Crippen molar-refractivity contribution in [1.29, 1.82) is 0 Å². The molecule has 0 atom stereocenters. The van der Waals surface area contributed by atoms with Crippen LogP contribution < -0.4 is 10.3 Å². The van der Waals surface area contributed by atoms with E-state index in [1.807, 2.05) is 13.8 Å². The fourth-order valence-electron chi connectivity index (χ4n) is 2.26. The summed E-state index contributed by atoms with van der Waals surface area (Å²) in [6.07, 6.45) is 0. The second-order valence-corrected chi connectivity index (χ2v) is 5.04. The van der Waals surface area contributed by atoms with Gasteiger partial charge in [-0.3, -0.25) is 19.4 Å². The highest BCUT2D eigenvalue weighted by atomic mass is 19.1. The number of carbonyl (C=O) groups is 1. The SMILES string of the molecule is COc1ccc(C(=O)c2c(C)n(C(C)C)[nH]c2=O)c(F)c1. The molecule has 0 spiro atoms. The molecular formula is C15H17FN2O3. The zero-order chi connectivity index (χ0) is 15.7. The Morgan fingerprint density at radius 3 is 2.52 bits per heavy atom. The number of hydrogen-bond acceptors (Lipinski definition) is 3. The molecule has 21 heavy (non-hydrogen) atoms. The van der Waals surface area contributed by atoms with Crippen molar-refractivity contribution in [1.82, 2.24) is 9.78 Å². The van der Waals surface area contributed by atoms with Gasteiger partial charge in [-0.1, -0.05) is 0 Å². The third-order valence-electron chi connectivity index (χ3n) is 3.34. The van der Waals surface area contributed by atoms with E-state index in [4.69, 9.17) is 4.74 Å². The average molecular weight is 292 g/mol. The summed E-state index contributed by atoms with van der Waals surface area (Å²) in [5, 5.41) is 2.60. The predicted octanol–water partition coefficient (Wildman–Crippen LogP) is 2.44. The first-order chi connectivity index (χ1) is 9.86. The highest BCUT2D eigenvalue weighted by Crippen LogP contribution is 2.20. The minimum atomic E-state index is -0.713. The molecule has 0 unspecified atom stereocenters. The van der Waals surface area contributed by atoms with E-state index in [2.05, 4.69) is 5.10 Å². The summed E-state index contributed by atoms with van der Waals surface area (Å²) in [5.41, 5.74) is -0.199. The van der Waals surface area contributed by atoms with Gasteiger partial charge in [0.05, 0.1) is 12.7 Å². The van der Waals surface area contributed by atoms with Crippen LogP contribution in [0.5, 0.6) is 5.75 Å². The van der Waals surface area contributed by atoms with E-state index in [-0.39, 0.29) is 17.2 Å². The Bertz CT molecular complexity index is 744. The van der Waals surface area contributed by atoms with Gasteiger partial charge in [-0.25, -0.2) is 4.39 Å². The Balaban J connectivity index is 2.53. The van der Waals surface area contributed by atoms with Crippen LogP contribution in [-0.2, 0) is 0 Å². The Labute approximate surface area is 121 Å². The van der Waals surface area contributed by atoms with Gasteiger partial charge < -0.3 is 4.74 Å². The second kappa shape index (κ2) is 5.55. The normalized spacial score (nSPS) is 11.0. The van der Waals surface area contributed by atoms with Crippen LogP contribution in [0.25, 0.3) is 0 Å². The lowest BCUT2D eigenvalue weighted by Gasteiger charge is -2.09. The third-order valence-corrected chi connectivity index (χ3v) is 3.34. The number of hydrogen-bond donors (Lipinski definition) is 1. The number of ketones is 1. The van der Waals surface area contributed by atoms with Crippen molar-refractivity contribution in [3.8, 4) is 5.75 Å². The maximum Gasteiger partial charge on any atom is 0.275 e. The highest BCUT2D eigenvalue weighted by Gasteiger charge is 2.23. The number of halogens is 1. The zero-order valence-corrected chi connectivity index (χ0v) is 12.4. The number of carbonyl (C=O) groups excluding carboxylic acids is 1. The lowest BCUT2D eigenvalue weighted by Crippen LogP contribution is -2.15. The van der Waals surface area contributed by atoms with Crippen LogP contribution in [0.1, 0.15) is 41.5 Å². The Hall–Kier alpha value is -2.37. The standard InChI is InChI=1S/C15H17FN2O3/c1-8(2)18-9(3)13(15(20)17-18)14(19)11-6-5-10(21-4)7-12(11)16/h5-8H,1-4H3,(H,17,20). The largest absolute Gasteiger partial charge is 0.497 e. The minimum absolute atomic E-state index is 0.0000330. The number of aromatic nitrogens is 2. The summed E-state index contributed by atoms with van der Waals surface area (Å²) in [4.78, 5) is 24.4. The van der Waals surface area contributed by atoms with Crippen LogP contribution in [0.4, 0.5) is 4.39 Å². The molecule has 6 heteroatoms. The lowest BCUT2D eigenvalue weighted by molar-refractivity contribution is 0.103. The van der Waals surface area contributed by atoms with Gasteiger partial charge in [0.15, 0.2) is 0 Å². The number of H-pyrrole nitrogens is 1. The molecule has 5 nitrogen and oxygen atoms in total. The van der Waals surface area contributed by atoms with Crippen molar-refractivity contribution in [3.05, 3.63) is 51.2 Å². The summed E-state index contributed by atoms with van der Waals surface area (Å²) in [6, 6.07) is 3.93. The van der Waals surface area contributed by atoms with Gasteiger partial charge in [0.2, 0.25) is 5.78 Å². The quantitative estimate of drug-likeness (QED) is 0.880. The van der Waals surface area contributed by atoms with Gasteiger partial charge in [-0.15, -0.1) is 0 Å². The Morgan fingerprint density at radius 1 is 1.38 bits per heavy atom.